The Morgan fingerprint density at radius 3 is 0.797 bits per heavy atom. The van der Waals surface area contributed by atoms with Gasteiger partial charge in [-0.05, 0) is 126 Å². The van der Waals surface area contributed by atoms with Crippen LogP contribution >= 0.6 is 0 Å². The SMILES string of the molecule is c1ccc(-c2cccc(-c3ccccc3)c2-c2ccc3c4ccccc4n(-c4ccc(-c5ccc(-n6c7ccccc7c7ccc(-c8c(-c9ccccc9)cccc8-c8ccccc8)cc76)cc5)cc4)c3c2)cc1. The van der Waals surface area contributed by atoms with Crippen molar-refractivity contribution < 1.29 is 0 Å². The highest BCUT2D eigenvalue weighted by atomic mass is 15.0. The maximum atomic E-state index is 2.44. The lowest BCUT2D eigenvalue weighted by atomic mass is 9.87. The van der Waals surface area contributed by atoms with Gasteiger partial charge in [-0.25, -0.2) is 0 Å². The van der Waals surface area contributed by atoms with E-state index in [1.54, 1.807) is 0 Å². The number of rotatable bonds is 9. The second kappa shape index (κ2) is 18.1. The molecule has 0 N–H and O–H groups in total. The quantitative estimate of drug-likeness (QED) is 0.136. The van der Waals surface area contributed by atoms with Crippen LogP contribution in [0.5, 0.6) is 0 Å². The Morgan fingerprint density at radius 1 is 0.176 bits per heavy atom. The van der Waals surface area contributed by atoms with Gasteiger partial charge in [-0.1, -0.05) is 243 Å². The molecule has 0 saturated carbocycles. The van der Waals surface area contributed by atoms with Crippen molar-refractivity contribution in [2.45, 2.75) is 0 Å². The topological polar surface area (TPSA) is 9.86 Å². The van der Waals surface area contributed by atoms with Gasteiger partial charge in [0.05, 0.1) is 22.1 Å². The maximum Gasteiger partial charge on any atom is 0.0547 e. The molecule has 2 heterocycles. The number of aromatic nitrogens is 2. The molecule has 14 aromatic rings. The van der Waals surface area contributed by atoms with E-state index in [4.69, 9.17) is 0 Å². The average Bonchev–Trinajstić information content (AvgIpc) is 4.00. The lowest BCUT2D eigenvalue weighted by molar-refractivity contribution is 1.18. The zero-order chi connectivity index (χ0) is 49.0. The fourth-order valence-electron chi connectivity index (χ4n) is 11.6. The Bertz CT molecular complexity index is 3960. The van der Waals surface area contributed by atoms with Crippen LogP contribution in [-0.2, 0) is 0 Å². The van der Waals surface area contributed by atoms with Crippen molar-refractivity contribution in [3.63, 3.8) is 0 Å². The molecule has 0 spiro atoms. The van der Waals surface area contributed by atoms with Crippen LogP contribution in [0.2, 0.25) is 0 Å². The molecule has 12 aromatic carbocycles. The van der Waals surface area contributed by atoms with Crippen molar-refractivity contribution in [1.82, 2.24) is 9.13 Å². The monoisotopic (exact) mass is 940 g/mol. The minimum atomic E-state index is 1.12. The van der Waals surface area contributed by atoms with Crippen LogP contribution in [0.15, 0.2) is 291 Å². The van der Waals surface area contributed by atoms with Crippen LogP contribution < -0.4 is 0 Å². The molecular formula is C72H48N2. The summed E-state index contributed by atoms with van der Waals surface area (Å²) in [6, 6.07) is 106. The summed E-state index contributed by atoms with van der Waals surface area (Å²) in [7, 11) is 0. The van der Waals surface area contributed by atoms with Gasteiger partial charge in [0, 0.05) is 32.9 Å². The van der Waals surface area contributed by atoms with E-state index in [1.807, 2.05) is 0 Å². The van der Waals surface area contributed by atoms with Crippen LogP contribution in [0.1, 0.15) is 0 Å². The van der Waals surface area contributed by atoms with Crippen LogP contribution in [-0.4, -0.2) is 9.13 Å². The summed E-state index contributed by atoms with van der Waals surface area (Å²) >= 11 is 0. The molecule has 0 bridgehead atoms. The predicted molar refractivity (Wildman–Crippen MR) is 313 cm³/mol. The number of nitrogens with zero attached hydrogens (tertiary/aromatic N) is 2. The minimum absolute atomic E-state index is 1.12. The zero-order valence-electron chi connectivity index (χ0n) is 40.6. The molecule has 0 fully saturated rings. The summed E-state index contributed by atoms with van der Waals surface area (Å²) in [4.78, 5) is 0. The molecular weight excluding hydrogens is 893 g/mol. The van der Waals surface area contributed by atoms with Crippen molar-refractivity contribution in [3.05, 3.63) is 291 Å². The Balaban J connectivity index is 0.857. The molecule has 346 valence electrons. The fourth-order valence-corrected chi connectivity index (χ4v) is 11.6. The van der Waals surface area contributed by atoms with E-state index in [0.717, 1.165) is 11.4 Å². The second-order valence-corrected chi connectivity index (χ2v) is 19.2. The van der Waals surface area contributed by atoms with Gasteiger partial charge in [-0.2, -0.15) is 0 Å². The van der Waals surface area contributed by atoms with E-state index in [2.05, 4.69) is 300 Å². The molecule has 2 heteroatoms. The third-order valence-electron chi connectivity index (χ3n) is 15.0. The summed E-state index contributed by atoms with van der Waals surface area (Å²) in [6.45, 7) is 0. The molecule has 0 unspecified atom stereocenters. The summed E-state index contributed by atoms with van der Waals surface area (Å²) < 4.78 is 4.87. The molecule has 74 heavy (non-hydrogen) atoms. The summed E-state index contributed by atoms with van der Waals surface area (Å²) in [5, 5.41) is 4.94. The highest BCUT2D eigenvalue weighted by Gasteiger charge is 2.20. The first kappa shape index (κ1) is 43.1. The second-order valence-electron chi connectivity index (χ2n) is 19.2. The van der Waals surface area contributed by atoms with Gasteiger partial charge >= 0.3 is 0 Å². The van der Waals surface area contributed by atoms with Gasteiger partial charge in [0.2, 0.25) is 0 Å². The van der Waals surface area contributed by atoms with Crippen molar-refractivity contribution in [2.75, 3.05) is 0 Å². The standard InChI is InChI=1S/C72H48N2/c1-5-19-51(20-6-1)59-29-17-30-60(52-21-7-2-8-22-52)71(59)55-39-45-65-63-27-13-15-33-67(63)73(69(65)47-55)57-41-35-49(36-42-57)50-37-43-58(44-38-50)74-68-34-16-14-28-64(68)66-46-40-56(48-70(66)74)72-61(53-23-9-3-10-24-53)31-18-32-62(72)54-25-11-4-12-26-54/h1-48H. The first-order valence-electron chi connectivity index (χ1n) is 25.5. The average molecular weight is 941 g/mol. The molecule has 0 saturated heterocycles. The first-order chi connectivity index (χ1) is 36.7. The van der Waals surface area contributed by atoms with Gasteiger partial charge in [0.1, 0.15) is 0 Å². The summed E-state index contributed by atoms with van der Waals surface area (Å²) in [5.41, 5.74) is 23.8. The van der Waals surface area contributed by atoms with E-state index >= 15 is 0 Å². The van der Waals surface area contributed by atoms with Gasteiger partial charge in [0.15, 0.2) is 0 Å². The maximum absolute atomic E-state index is 2.44. The smallest absolute Gasteiger partial charge is 0.0547 e. The lowest BCUT2D eigenvalue weighted by Gasteiger charge is -2.17. The number of para-hydroxylation sites is 2. The number of fused-ring (bicyclic) bond motifs is 6. The molecule has 0 atom stereocenters. The lowest BCUT2D eigenvalue weighted by Crippen LogP contribution is -1.96. The Kier molecular flexibility index (Phi) is 10.6. The van der Waals surface area contributed by atoms with Crippen molar-refractivity contribution >= 4 is 43.6 Å². The largest absolute Gasteiger partial charge is 0.309 e. The third-order valence-corrected chi connectivity index (χ3v) is 15.0. The number of hydrogen-bond donors (Lipinski definition) is 0. The molecule has 2 aromatic heterocycles. The van der Waals surface area contributed by atoms with Gasteiger partial charge in [-0.3, -0.25) is 0 Å². The van der Waals surface area contributed by atoms with E-state index in [-0.39, 0.29) is 0 Å². The van der Waals surface area contributed by atoms with Crippen LogP contribution in [0, 0.1) is 0 Å². The predicted octanol–water partition coefficient (Wildman–Crippen LogP) is 19.5. The summed E-state index contributed by atoms with van der Waals surface area (Å²) in [6.07, 6.45) is 0. The van der Waals surface area contributed by atoms with Gasteiger partial charge in [-0.15, -0.1) is 0 Å². The Labute approximate surface area is 431 Å². The van der Waals surface area contributed by atoms with Crippen molar-refractivity contribution in [1.29, 1.82) is 0 Å². The highest BCUT2D eigenvalue weighted by molar-refractivity contribution is 6.12. The Morgan fingerprint density at radius 2 is 0.459 bits per heavy atom. The molecule has 0 radical (unpaired) electrons. The van der Waals surface area contributed by atoms with E-state index in [0.29, 0.717) is 0 Å². The summed E-state index contributed by atoms with van der Waals surface area (Å²) in [5.74, 6) is 0. The van der Waals surface area contributed by atoms with Gasteiger partial charge < -0.3 is 9.13 Å². The molecule has 0 aliphatic rings. The van der Waals surface area contributed by atoms with E-state index in [1.165, 1.54) is 122 Å². The number of hydrogen-bond acceptors (Lipinski definition) is 0. The molecule has 2 nitrogen and oxygen atoms in total. The van der Waals surface area contributed by atoms with E-state index in [9.17, 15) is 0 Å². The number of benzene rings is 12. The highest BCUT2D eigenvalue weighted by Crippen LogP contribution is 2.45. The van der Waals surface area contributed by atoms with Crippen molar-refractivity contribution in [2.24, 2.45) is 0 Å². The van der Waals surface area contributed by atoms with Crippen LogP contribution in [0.3, 0.4) is 0 Å². The molecule has 0 aliphatic heterocycles. The van der Waals surface area contributed by atoms with E-state index < -0.39 is 0 Å². The molecule has 14 rings (SSSR count). The third kappa shape index (κ3) is 7.35. The molecule has 0 aliphatic carbocycles. The molecule has 0 amide bonds. The van der Waals surface area contributed by atoms with Crippen LogP contribution in [0.25, 0.3) is 133 Å². The normalized spacial score (nSPS) is 11.5. The Hall–Kier alpha value is -9.76. The zero-order valence-corrected chi connectivity index (χ0v) is 40.6. The first-order valence-corrected chi connectivity index (χ1v) is 25.5. The fraction of sp³-hybridized carbons (Fsp3) is 0. The van der Waals surface area contributed by atoms with Gasteiger partial charge in [0.25, 0.3) is 0 Å². The minimum Gasteiger partial charge on any atom is -0.309 e. The van der Waals surface area contributed by atoms with Crippen molar-refractivity contribution in [3.8, 4) is 89.3 Å². The van der Waals surface area contributed by atoms with Crippen LogP contribution in [0.4, 0.5) is 0 Å².